The third kappa shape index (κ3) is 4.60. The van der Waals surface area contributed by atoms with Crippen LogP contribution < -0.4 is 0 Å². The summed E-state index contributed by atoms with van der Waals surface area (Å²) < 4.78 is 2.16. The molecule has 0 bridgehead atoms. The van der Waals surface area contributed by atoms with Gasteiger partial charge in [-0.15, -0.1) is 0 Å². The fourth-order valence-electron chi connectivity index (χ4n) is 7.68. The van der Waals surface area contributed by atoms with Crippen molar-refractivity contribution in [2.24, 2.45) is 0 Å². The fraction of sp³-hybridized carbons (Fsp3) is 0.0667. The molecule has 0 unspecified atom stereocenters. The first-order valence-electron chi connectivity index (χ1n) is 16.6. The highest BCUT2D eigenvalue weighted by molar-refractivity contribution is 6.01. The minimum absolute atomic E-state index is 0.195. The normalized spacial score (nSPS) is 12.9. The summed E-state index contributed by atoms with van der Waals surface area (Å²) in [5.74, 6) is 0.889. The molecular weight excluding hydrogens is 599 g/mol. The zero-order valence-corrected chi connectivity index (χ0v) is 27.3. The SMILES string of the molecule is CC1(C)c2ccccc2-c2cc(-c3cc(-c4ccccc4)ccn3)cc(-c3cccc4c3nc(-c3ccccc3O)n4-c3ccccc3)c21. The van der Waals surface area contributed by atoms with E-state index >= 15 is 0 Å². The minimum atomic E-state index is -0.246. The summed E-state index contributed by atoms with van der Waals surface area (Å²) in [6, 6.07) is 52.2. The minimum Gasteiger partial charge on any atom is -0.507 e. The van der Waals surface area contributed by atoms with Gasteiger partial charge in [0, 0.05) is 28.4 Å². The molecule has 1 N–H and O–H groups in total. The van der Waals surface area contributed by atoms with Crippen LogP contribution >= 0.6 is 0 Å². The second kappa shape index (κ2) is 11.2. The van der Waals surface area contributed by atoms with Crippen molar-refractivity contribution >= 4 is 11.0 Å². The predicted octanol–water partition coefficient (Wildman–Crippen LogP) is 11.1. The Labute approximate surface area is 285 Å². The highest BCUT2D eigenvalue weighted by atomic mass is 16.3. The van der Waals surface area contributed by atoms with E-state index in [9.17, 15) is 5.11 Å². The fourth-order valence-corrected chi connectivity index (χ4v) is 7.68. The average Bonchev–Trinajstić information content (AvgIpc) is 3.65. The van der Waals surface area contributed by atoms with E-state index in [-0.39, 0.29) is 11.2 Å². The molecule has 4 nitrogen and oxygen atoms in total. The van der Waals surface area contributed by atoms with E-state index in [2.05, 4.69) is 122 Å². The molecule has 0 amide bonds. The second-order valence-electron chi connectivity index (χ2n) is 13.2. The molecule has 4 heteroatoms. The number of aromatic nitrogens is 3. The number of pyridine rings is 1. The Morgan fingerprint density at radius 2 is 1.20 bits per heavy atom. The van der Waals surface area contributed by atoms with Gasteiger partial charge in [-0.1, -0.05) is 111 Å². The summed E-state index contributed by atoms with van der Waals surface area (Å²) in [5, 5.41) is 11.0. The zero-order chi connectivity index (χ0) is 33.1. The summed E-state index contributed by atoms with van der Waals surface area (Å²) in [6.07, 6.45) is 1.91. The molecule has 49 heavy (non-hydrogen) atoms. The first-order chi connectivity index (χ1) is 24.0. The lowest BCUT2D eigenvalue weighted by atomic mass is 9.78. The Bertz CT molecular complexity index is 2530. The molecule has 6 aromatic carbocycles. The maximum Gasteiger partial charge on any atom is 0.149 e. The number of imidazole rings is 1. The van der Waals surface area contributed by atoms with E-state index < -0.39 is 0 Å². The molecule has 1 aliphatic carbocycles. The number of phenols is 1. The second-order valence-corrected chi connectivity index (χ2v) is 13.2. The van der Waals surface area contributed by atoms with Gasteiger partial charge in [0.15, 0.2) is 0 Å². The molecule has 0 atom stereocenters. The van der Waals surface area contributed by atoms with Crippen molar-refractivity contribution in [2.75, 3.05) is 0 Å². The van der Waals surface area contributed by atoms with Crippen molar-refractivity contribution in [1.82, 2.24) is 14.5 Å². The Morgan fingerprint density at radius 1 is 0.551 bits per heavy atom. The molecule has 2 heterocycles. The first kappa shape index (κ1) is 28.9. The topological polar surface area (TPSA) is 50.9 Å². The lowest BCUT2D eigenvalue weighted by Gasteiger charge is -2.25. The summed E-state index contributed by atoms with van der Waals surface area (Å²) in [7, 11) is 0. The number of para-hydroxylation sites is 3. The van der Waals surface area contributed by atoms with Crippen LogP contribution in [-0.4, -0.2) is 19.6 Å². The van der Waals surface area contributed by atoms with Gasteiger partial charge in [0.05, 0.1) is 22.3 Å². The van der Waals surface area contributed by atoms with E-state index in [4.69, 9.17) is 9.97 Å². The number of aromatic hydroxyl groups is 1. The van der Waals surface area contributed by atoms with Crippen molar-refractivity contribution in [2.45, 2.75) is 19.3 Å². The number of rotatable bonds is 5. The highest BCUT2D eigenvalue weighted by Gasteiger charge is 2.38. The van der Waals surface area contributed by atoms with Crippen molar-refractivity contribution in [3.8, 4) is 67.5 Å². The maximum atomic E-state index is 11.0. The largest absolute Gasteiger partial charge is 0.507 e. The number of hydrogen-bond donors (Lipinski definition) is 1. The number of phenolic OH excluding ortho intramolecular Hbond substituents is 1. The van der Waals surface area contributed by atoms with Crippen LogP contribution in [0.25, 0.3) is 72.7 Å². The standard InChI is InChI=1S/C45H33N3O/c1-45(2)38-21-11-9-18-33(38)36-26-31(39-28-30(24-25-46-39)29-14-5-3-6-15-29)27-37(42(36)45)34-20-13-22-40-43(34)47-44(35-19-10-12-23-41(35)49)48(40)32-16-7-4-8-17-32/h3-28,49H,1-2H3. The lowest BCUT2D eigenvalue weighted by Crippen LogP contribution is -2.16. The van der Waals surface area contributed by atoms with Crippen LogP contribution in [0.15, 0.2) is 158 Å². The van der Waals surface area contributed by atoms with Gasteiger partial charge in [0.2, 0.25) is 0 Å². The van der Waals surface area contributed by atoms with E-state index in [1.165, 1.54) is 22.3 Å². The van der Waals surface area contributed by atoms with Gasteiger partial charge in [0.25, 0.3) is 0 Å². The number of benzene rings is 6. The summed E-state index contributed by atoms with van der Waals surface area (Å²) >= 11 is 0. The molecule has 0 saturated heterocycles. The number of hydrogen-bond acceptors (Lipinski definition) is 3. The van der Waals surface area contributed by atoms with Crippen molar-refractivity contribution in [3.63, 3.8) is 0 Å². The molecular formula is C45H33N3O. The highest BCUT2D eigenvalue weighted by Crippen LogP contribution is 2.54. The molecule has 0 fully saturated rings. The van der Waals surface area contributed by atoms with Crippen LogP contribution in [0.4, 0.5) is 0 Å². The van der Waals surface area contributed by atoms with Gasteiger partial charge >= 0.3 is 0 Å². The van der Waals surface area contributed by atoms with Crippen LogP contribution in [0, 0.1) is 0 Å². The van der Waals surface area contributed by atoms with Crippen molar-refractivity contribution in [1.29, 1.82) is 0 Å². The molecule has 2 aromatic heterocycles. The van der Waals surface area contributed by atoms with Gasteiger partial charge in [-0.05, 0) is 93.5 Å². The van der Waals surface area contributed by atoms with Crippen molar-refractivity contribution < 1.29 is 5.11 Å². The molecule has 8 aromatic rings. The first-order valence-corrected chi connectivity index (χ1v) is 16.6. The van der Waals surface area contributed by atoms with E-state index in [0.29, 0.717) is 11.4 Å². The summed E-state index contributed by atoms with van der Waals surface area (Å²) in [6.45, 7) is 4.65. The van der Waals surface area contributed by atoms with E-state index in [1.807, 2.05) is 48.7 Å². The van der Waals surface area contributed by atoms with E-state index in [1.54, 1.807) is 6.07 Å². The number of fused-ring (bicyclic) bond motifs is 4. The van der Waals surface area contributed by atoms with Crippen LogP contribution in [-0.2, 0) is 5.41 Å². The molecule has 0 radical (unpaired) electrons. The number of nitrogens with zero attached hydrogens (tertiary/aromatic N) is 3. The van der Waals surface area contributed by atoms with Crippen LogP contribution in [0.1, 0.15) is 25.0 Å². The van der Waals surface area contributed by atoms with Gasteiger partial charge in [-0.25, -0.2) is 4.98 Å². The van der Waals surface area contributed by atoms with Crippen molar-refractivity contribution in [3.05, 3.63) is 169 Å². The van der Waals surface area contributed by atoms with Crippen LogP contribution in [0.3, 0.4) is 0 Å². The third-order valence-corrected chi connectivity index (χ3v) is 9.95. The molecule has 0 saturated carbocycles. The van der Waals surface area contributed by atoms with Gasteiger partial charge in [-0.3, -0.25) is 9.55 Å². The Morgan fingerprint density at radius 3 is 1.98 bits per heavy atom. The lowest BCUT2D eigenvalue weighted by molar-refractivity contribution is 0.477. The third-order valence-electron chi connectivity index (χ3n) is 9.95. The van der Waals surface area contributed by atoms with Gasteiger partial charge < -0.3 is 5.11 Å². The molecule has 234 valence electrons. The summed E-state index contributed by atoms with van der Waals surface area (Å²) in [4.78, 5) is 10.3. The average molecular weight is 632 g/mol. The molecule has 0 aliphatic heterocycles. The zero-order valence-electron chi connectivity index (χ0n) is 27.3. The van der Waals surface area contributed by atoms with Crippen LogP contribution in [0.5, 0.6) is 5.75 Å². The Kier molecular flexibility index (Phi) is 6.60. The predicted molar refractivity (Wildman–Crippen MR) is 200 cm³/mol. The van der Waals surface area contributed by atoms with Crippen LogP contribution in [0.2, 0.25) is 0 Å². The molecule has 1 aliphatic rings. The van der Waals surface area contributed by atoms with Gasteiger partial charge in [0.1, 0.15) is 11.6 Å². The Balaban J connectivity index is 1.35. The Hall–Kier alpha value is -6.26. The summed E-state index contributed by atoms with van der Waals surface area (Å²) in [5.41, 5.74) is 14.8. The molecule has 9 rings (SSSR count). The maximum absolute atomic E-state index is 11.0. The monoisotopic (exact) mass is 631 g/mol. The van der Waals surface area contributed by atoms with Gasteiger partial charge in [-0.2, -0.15) is 0 Å². The quantitative estimate of drug-likeness (QED) is 0.206. The molecule has 0 spiro atoms. The smallest absolute Gasteiger partial charge is 0.149 e. The van der Waals surface area contributed by atoms with E-state index in [0.717, 1.165) is 50.2 Å².